The van der Waals surface area contributed by atoms with E-state index in [1.54, 1.807) is 0 Å². The SMILES string of the molecule is CC(=O)O.[H-].[H-].[H-].[Li+].[Mg+2]. The van der Waals surface area contributed by atoms with Gasteiger partial charge in [-0.2, -0.15) is 0 Å². The minimum Gasteiger partial charge on any atom is -1.00 e. The summed E-state index contributed by atoms with van der Waals surface area (Å²) in [5.41, 5.74) is 0. The fourth-order valence-corrected chi connectivity index (χ4v) is 0. The predicted octanol–water partition coefficient (Wildman–Crippen LogP) is -2.95. The van der Waals surface area contributed by atoms with Gasteiger partial charge in [0, 0.05) is 6.92 Å². The van der Waals surface area contributed by atoms with Gasteiger partial charge in [0.05, 0.1) is 0 Å². The Bertz CT molecular complexity index is 42.8. The summed E-state index contributed by atoms with van der Waals surface area (Å²) >= 11 is 0. The molecule has 0 rings (SSSR count). The molecular formula is C2H7LiMgO2. The second kappa shape index (κ2) is 9.27. The van der Waals surface area contributed by atoms with Crippen LogP contribution in [0.4, 0.5) is 0 Å². The first-order valence-electron chi connectivity index (χ1n) is 0.928. The molecule has 0 spiro atoms. The molecule has 0 radical (unpaired) electrons. The molecule has 0 aromatic carbocycles. The van der Waals surface area contributed by atoms with Crippen molar-refractivity contribution in [3.63, 3.8) is 0 Å². The quantitative estimate of drug-likeness (QED) is 0.326. The second-order valence-corrected chi connectivity index (χ2v) is 0.519. The van der Waals surface area contributed by atoms with Crippen molar-refractivity contribution in [1.29, 1.82) is 0 Å². The number of hydrogen-bond acceptors (Lipinski definition) is 1. The van der Waals surface area contributed by atoms with Gasteiger partial charge in [-0.3, -0.25) is 4.79 Å². The van der Waals surface area contributed by atoms with Crippen molar-refractivity contribution >= 4 is 29.0 Å². The van der Waals surface area contributed by atoms with Gasteiger partial charge < -0.3 is 9.39 Å². The first-order valence-corrected chi connectivity index (χ1v) is 0.928. The molecule has 0 bridgehead atoms. The molecule has 0 aromatic rings. The van der Waals surface area contributed by atoms with E-state index in [1.165, 1.54) is 0 Å². The zero-order valence-electron chi connectivity index (χ0n) is 7.06. The van der Waals surface area contributed by atoms with Crippen molar-refractivity contribution in [1.82, 2.24) is 0 Å². The number of hydrogen-bond donors (Lipinski definition) is 1. The Morgan fingerprint density at radius 1 is 1.83 bits per heavy atom. The summed E-state index contributed by atoms with van der Waals surface area (Å²) in [4.78, 5) is 9.00. The van der Waals surface area contributed by atoms with Crippen molar-refractivity contribution < 1.29 is 33.0 Å². The third-order valence-corrected chi connectivity index (χ3v) is 0. The standard InChI is InChI=1S/C2H4O2.Li.Mg.3H/c1-2(3)4;;;;;/h1H3,(H,3,4);;;;;/q;+1;+2;3*-1. The molecule has 0 amide bonds. The predicted molar refractivity (Wildman–Crippen MR) is 22.4 cm³/mol. The molecule has 0 saturated carbocycles. The zero-order valence-corrected chi connectivity index (χ0v) is 5.48. The van der Waals surface area contributed by atoms with Crippen molar-refractivity contribution in [2.24, 2.45) is 0 Å². The summed E-state index contributed by atoms with van der Waals surface area (Å²) < 4.78 is 0. The summed E-state index contributed by atoms with van der Waals surface area (Å²) in [7, 11) is 0. The number of carboxylic acid groups (broad SMARTS) is 1. The normalized spacial score (nSPS) is 4.17. The fourth-order valence-electron chi connectivity index (χ4n) is 0. The van der Waals surface area contributed by atoms with Gasteiger partial charge in [0.2, 0.25) is 0 Å². The summed E-state index contributed by atoms with van der Waals surface area (Å²) in [6.45, 7) is 1.08. The van der Waals surface area contributed by atoms with Gasteiger partial charge >= 0.3 is 41.9 Å². The first kappa shape index (κ1) is 15.8. The van der Waals surface area contributed by atoms with Crippen LogP contribution in [0, 0.1) is 0 Å². The van der Waals surface area contributed by atoms with E-state index in [2.05, 4.69) is 0 Å². The van der Waals surface area contributed by atoms with E-state index in [9.17, 15) is 0 Å². The van der Waals surface area contributed by atoms with E-state index in [-0.39, 0.29) is 46.2 Å². The van der Waals surface area contributed by atoms with Crippen LogP contribution < -0.4 is 18.9 Å². The van der Waals surface area contributed by atoms with Crippen LogP contribution in [0.1, 0.15) is 11.2 Å². The van der Waals surface area contributed by atoms with E-state index >= 15 is 0 Å². The molecule has 0 fully saturated rings. The van der Waals surface area contributed by atoms with Crippen LogP contribution in [0.25, 0.3) is 0 Å². The zero-order chi connectivity index (χ0) is 3.58. The summed E-state index contributed by atoms with van der Waals surface area (Å²) in [5.74, 6) is -0.833. The van der Waals surface area contributed by atoms with Crippen molar-refractivity contribution in [3.8, 4) is 0 Å². The first-order chi connectivity index (χ1) is 1.73. The number of carboxylic acids is 1. The molecule has 1 N–H and O–H groups in total. The van der Waals surface area contributed by atoms with Crippen LogP contribution >= 0.6 is 0 Å². The van der Waals surface area contributed by atoms with E-state index in [1.807, 2.05) is 0 Å². The molecule has 6 heavy (non-hydrogen) atoms. The maximum absolute atomic E-state index is 9.00. The fraction of sp³-hybridized carbons (Fsp3) is 0.500. The Hall–Kier alpha value is 0.834. The van der Waals surface area contributed by atoms with E-state index in [0.717, 1.165) is 6.92 Å². The van der Waals surface area contributed by atoms with E-state index in [4.69, 9.17) is 9.90 Å². The van der Waals surface area contributed by atoms with Crippen LogP contribution in [0.3, 0.4) is 0 Å². The molecule has 30 valence electrons. The molecule has 0 heterocycles. The molecule has 0 atom stereocenters. The van der Waals surface area contributed by atoms with Crippen LogP contribution in [0.5, 0.6) is 0 Å². The molecule has 0 aliphatic carbocycles. The Morgan fingerprint density at radius 2 is 1.83 bits per heavy atom. The van der Waals surface area contributed by atoms with Crippen molar-refractivity contribution in [2.45, 2.75) is 6.92 Å². The largest absolute Gasteiger partial charge is 2.00 e. The average molecular weight is 94.3 g/mol. The Morgan fingerprint density at radius 3 is 1.83 bits per heavy atom. The van der Waals surface area contributed by atoms with Crippen LogP contribution in [0.2, 0.25) is 0 Å². The van der Waals surface area contributed by atoms with E-state index < -0.39 is 5.97 Å². The molecule has 0 aliphatic rings. The van der Waals surface area contributed by atoms with Crippen molar-refractivity contribution in [3.05, 3.63) is 0 Å². The number of aliphatic carboxylic acids is 1. The summed E-state index contributed by atoms with van der Waals surface area (Å²) in [6, 6.07) is 0. The molecular weight excluding hydrogens is 87.3 g/mol. The number of carbonyl (C=O) groups is 1. The molecule has 0 saturated heterocycles. The minimum atomic E-state index is -0.833. The van der Waals surface area contributed by atoms with Crippen LogP contribution in [0.15, 0.2) is 0 Å². The Kier molecular flexibility index (Phi) is 24.5. The average Bonchev–Trinajstić information content (AvgIpc) is 0.811. The maximum Gasteiger partial charge on any atom is 2.00 e. The van der Waals surface area contributed by atoms with Gasteiger partial charge in [-0.25, -0.2) is 0 Å². The third-order valence-electron chi connectivity index (χ3n) is 0. The smallest absolute Gasteiger partial charge is 1.00 e. The second-order valence-electron chi connectivity index (χ2n) is 0.519. The monoisotopic (exact) mass is 94.0 g/mol. The minimum absolute atomic E-state index is 0. The summed E-state index contributed by atoms with van der Waals surface area (Å²) in [5, 5.41) is 7.42. The van der Waals surface area contributed by atoms with Gasteiger partial charge in [0.1, 0.15) is 0 Å². The van der Waals surface area contributed by atoms with Crippen LogP contribution in [-0.4, -0.2) is 34.1 Å². The maximum atomic E-state index is 9.00. The number of rotatable bonds is 0. The van der Waals surface area contributed by atoms with Gasteiger partial charge in [0.15, 0.2) is 0 Å². The Labute approximate surface area is 69.1 Å². The van der Waals surface area contributed by atoms with Crippen LogP contribution in [-0.2, 0) is 4.79 Å². The van der Waals surface area contributed by atoms with Gasteiger partial charge in [-0.15, -0.1) is 0 Å². The van der Waals surface area contributed by atoms with Gasteiger partial charge in [0.25, 0.3) is 5.97 Å². The molecule has 0 aliphatic heterocycles. The topological polar surface area (TPSA) is 37.3 Å². The molecule has 0 unspecified atom stereocenters. The Balaban J connectivity index is -0.00000000450. The third kappa shape index (κ3) is 102. The summed E-state index contributed by atoms with van der Waals surface area (Å²) in [6.07, 6.45) is 0. The van der Waals surface area contributed by atoms with Gasteiger partial charge in [-0.1, -0.05) is 0 Å². The molecule has 0 aromatic heterocycles. The van der Waals surface area contributed by atoms with E-state index in [0.29, 0.717) is 0 Å². The van der Waals surface area contributed by atoms with Crippen molar-refractivity contribution in [2.75, 3.05) is 0 Å². The van der Waals surface area contributed by atoms with Gasteiger partial charge in [-0.05, 0) is 0 Å². The molecule has 4 heteroatoms. The molecule has 2 nitrogen and oxygen atoms in total.